The Morgan fingerprint density at radius 1 is 1.53 bits per heavy atom. The molecule has 0 fully saturated rings. The zero-order valence-electron chi connectivity index (χ0n) is 11.1. The fourth-order valence-corrected chi connectivity index (χ4v) is 2.69. The molecular weight excluding hydrogens is 254 g/mol. The number of hydrogen-bond donors (Lipinski definition) is 1. The molecule has 3 nitrogen and oxygen atoms in total. The van der Waals surface area contributed by atoms with E-state index in [0.717, 1.165) is 23.0 Å². The summed E-state index contributed by atoms with van der Waals surface area (Å²) in [5.41, 5.74) is 1.97. The molecule has 0 saturated carbocycles. The van der Waals surface area contributed by atoms with Crippen LogP contribution in [0.3, 0.4) is 0 Å². The maximum Gasteiger partial charge on any atom is 0.0860 e. The van der Waals surface area contributed by atoms with Crippen LogP contribution in [-0.4, -0.2) is 27.3 Å². The molecule has 0 aliphatic rings. The molecule has 5 heteroatoms. The van der Waals surface area contributed by atoms with Crippen molar-refractivity contribution in [2.45, 2.75) is 39.8 Å². The number of aryl methyl sites for hydroxylation is 2. The van der Waals surface area contributed by atoms with Gasteiger partial charge in [0.25, 0.3) is 0 Å². The van der Waals surface area contributed by atoms with Crippen molar-refractivity contribution < 1.29 is 0 Å². The van der Waals surface area contributed by atoms with Crippen molar-refractivity contribution in [3.63, 3.8) is 0 Å². The quantitative estimate of drug-likeness (QED) is 0.776. The Hall–Kier alpha value is -0.190. The van der Waals surface area contributed by atoms with Crippen LogP contribution in [-0.2, 0) is 13.6 Å². The average molecular weight is 276 g/mol. The van der Waals surface area contributed by atoms with Crippen LogP contribution in [0.2, 0.25) is 5.02 Å². The molecule has 0 aliphatic carbocycles. The van der Waals surface area contributed by atoms with Crippen molar-refractivity contribution >= 4 is 23.4 Å². The predicted molar refractivity (Wildman–Crippen MR) is 76.9 cm³/mol. The third-order valence-corrected chi connectivity index (χ3v) is 4.20. The normalized spacial score (nSPS) is 13.0. The van der Waals surface area contributed by atoms with Crippen LogP contribution >= 0.6 is 23.4 Å². The van der Waals surface area contributed by atoms with Crippen LogP contribution in [0, 0.1) is 6.92 Å². The van der Waals surface area contributed by atoms with Gasteiger partial charge in [-0.15, -0.1) is 0 Å². The summed E-state index contributed by atoms with van der Waals surface area (Å²) >= 11 is 8.18. The molecule has 1 unspecified atom stereocenters. The first-order chi connectivity index (χ1) is 8.06. The molecular formula is C12H22ClN3S. The molecule has 0 radical (unpaired) electrons. The van der Waals surface area contributed by atoms with E-state index < -0.39 is 0 Å². The van der Waals surface area contributed by atoms with Crippen LogP contribution in [0.1, 0.15) is 31.7 Å². The van der Waals surface area contributed by atoms with Crippen molar-refractivity contribution in [1.82, 2.24) is 15.1 Å². The molecule has 1 rings (SSSR count). The predicted octanol–water partition coefficient (Wildman–Crippen LogP) is 3.00. The summed E-state index contributed by atoms with van der Waals surface area (Å²) in [5, 5.41) is 8.59. The largest absolute Gasteiger partial charge is 0.309 e. The summed E-state index contributed by atoms with van der Waals surface area (Å²) in [6.07, 6.45) is 1.19. The van der Waals surface area contributed by atoms with Gasteiger partial charge in [-0.1, -0.05) is 18.5 Å². The lowest BCUT2D eigenvalue weighted by molar-refractivity contribution is 0.519. The molecule has 1 aromatic heterocycles. The molecule has 1 heterocycles. The van der Waals surface area contributed by atoms with E-state index in [9.17, 15) is 0 Å². The molecule has 98 valence electrons. The third-order valence-electron chi connectivity index (χ3n) is 2.78. The summed E-state index contributed by atoms with van der Waals surface area (Å²) in [7, 11) is 1.94. The monoisotopic (exact) mass is 275 g/mol. The molecule has 0 bridgehead atoms. The first-order valence-electron chi connectivity index (χ1n) is 6.05. The molecule has 17 heavy (non-hydrogen) atoms. The number of thioether (sulfide) groups is 1. The molecule has 0 spiro atoms. The van der Waals surface area contributed by atoms with Gasteiger partial charge in [0.15, 0.2) is 0 Å². The third kappa shape index (κ3) is 4.53. The highest BCUT2D eigenvalue weighted by atomic mass is 35.5. The summed E-state index contributed by atoms with van der Waals surface area (Å²) in [6.45, 7) is 7.13. The summed E-state index contributed by atoms with van der Waals surface area (Å²) in [5.74, 6) is 2.41. The molecule has 0 aliphatic heterocycles. The van der Waals surface area contributed by atoms with E-state index in [-0.39, 0.29) is 0 Å². The van der Waals surface area contributed by atoms with Gasteiger partial charge in [-0.3, -0.25) is 4.68 Å². The second kappa shape index (κ2) is 7.29. The van der Waals surface area contributed by atoms with Gasteiger partial charge in [-0.25, -0.2) is 0 Å². The van der Waals surface area contributed by atoms with Crippen molar-refractivity contribution in [1.29, 1.82) is 0 Å². The van der Waals surface area contributed by atoms with Gasteiger partial charge in [-0.2, -0.15) is 16.9 Å². The van der Waals surface area contributed by atoms with E-state index in [0.29, 0.717) is 6.04 Å². The molecule has 0 amide bonds. The highest BCUT2D eigenvalue weighted by molar-refractivity contribution is 7.99. The van der Waals surface area contributed by atoms with Crippen LogP contribution in [0.25, 0.3) is 0 Å². The van der Waals surface area contributed by atoms with Crippen molar-refractivity contribution in [3.8, 4) is 0 Å². The van der Waals surface area contributed by atoms with Gasteiger partial charge in [-0.05, 0) is 31.8 Å². The van der Waals surface area contributed by atoms with Crippen molar-refractivity contribution in [3.05, 3.63) is 16.4 Å². The van der Waals surface area contributed by atoms with Crippen LogP contribution < -0.4 is 5.32 Å². The fourth-order valence-electron chi connectivity index (χ4n) is 1.65. The zero-order chi connectivity index (χ0) is 12.8. The van der Waals surface area contributed by atoms with Gasteiger partial charge >= 0.3 is 0 Å². The smallest absolute Gasteiger partial charge is 0.0860 e. The lowest BCUT2D eigenvalue weighted by Gasteiger charge is -2.13. The molecule has 1 atom stereocenters. The maximum absolute atomic E-state index is 6.20. The second-order valence-electron chi connectivity index (χ2n) is 4.24. The van der Waals surface area contributed by atoms with E-state index in [1.54, 1.807) is 0 Å². The fraction of sp³-hybridized carbons (Fsp3) is 0.750. The van der Waals surface area contributed by atoms with Gasteiger partial charge in [0, 0.05) is 19.6 Å². The number of nitrogens with zero attached hydrogens (tertiary/aromatic N) is 2. The lowest BCUT2D eigenvalue weighted by Crippen LogP contribution is -2.27. The number of hydrogen-bond acceptors (Lipinski definition) is 3. The standard InChI is InChI=1S/C12H22ClN3S/c1-5-17-7-6-9(2)14-8-11-12(13)10(3)15-16(11)4/h9,14H,5-8H2,1-4H3. The maximum atomic E-state index is 6.20. The lowest BCUT2D eigenvalue weighted by atomic mass is 10.2. The first-order valence-corrected chi connectivity index (χ1v) is 7.58. The van der Waals surface area contributed by atoms with Crippen molar-refractivity contribution in [2.24, 2.45) is 7.05 Å². The SMILES string of the molecule is CCSCCC(C)NCc1c(Cl)c(C)nn1C. The summed E-state index contributed by atoms with van der Waals surface area (Å²) < 4.78 is 1.86. The Kier molecular flexibility index (Phi) is 6.38. The van der Waals surface area contributed by atoms with E-state index in [2.05, 4.69) is 24.3 Å². The Morgan fingerprint density at radius 2 is 2.24 bits per heavy atom. The summed E-state index contributed by atoms with van der Waals surface area (Å²) in [4.78, 5) is 0. The molecule has 1 N–H and O–H groups in total. The van der Waals surface area contributed by atoms with E-state index in [4.69, 9.17) is 11.6 Å². The molecule has 0 aromatic carbocycles. The Balaban J connectivity index is 2.39. The van der Waals surface area contributed by atoms with E-state index in [1.165, 1.54) is 17.9 Å². The Bertz CT molecular complexity index is 352. The topological polar surface area (TPSA) is 29.9 Å². The number of rotatable bonds is 7. The van der Waals surface area contributed by atoms with Gasteiger partial charge in [0.1, 0.15) is 0 Å². The van der Waals surface area contributed by atoms with Crippen LogP contribution in [0.5, 0.6) is 0 Å². The van der Waals surface area contributed by atoms with Gasteiger partial charge < -0.3 is 5.32 Å². The minimum absolute atomic E-state index is 0.514. The van der Waals surface area contributed by atoms with Crippen LogP contribution in [0.15, 0.2) is 0 Å². The second-order valence-corrected chi connectivity index (χ2v) is 6.01. The highest BCUT2D eigenvalue weighted by Gasteiger charge is 2.11. The number of nitrogens with one attached hydrogen (secondary N) is 1. The highest BCUT2D eigenvalue weighted by Crippen LogP contribution is 2.19. The Morgan fingerprint density at radius 3 is 2.76 bits per heavy atom. The van der Waals surface area contributed by atoms with E-state index >= 15 is 0 Å². The van der Waals surface area contributed by atoms with Gasteiger partial charge in [0.2, 0.25) is 0 Å². The molecule has 1 aromatic rings. The first kappa shape index (κ1) is 14.9. The minimum atomic E-state index is 0.514. The Labute approximate surface area is 113 Å². The van der Waals surface area contributed by atoms with Crippen LogP contribution in [0.4, 0.5) is 0 Å². The zero-order valence-corrected chi connectivity index (χ0v) is 12.7. The minimum Gasteiger partial charge on any atom is -0.309 e. The summed E-state index contributed by atoms with van der Waals surface area (Å²) in [6, 6.07) is 0.514. The van der Waals surface area contributed by atoms with E-state index in [1.807, 2.05) is 30.4 Å². The van der Waals surface area contributed by atoms with Crippen molar-refractivity contribution in [2.75, 3.05) is 11.5 Å². The number of aromatic nitrogens is 2. The van der Waals surface area contributed by atoms with Gasteiger partial charge in [0.05, 0.1) is 16.4 Å². The number of halogens is 1. The average Bonchev–Trinajstić information content (AvgIpc) is 2.51. The molecule has 0 saturated heterocycles.